The molecule has 6 heteroatoms. The van der Waals surface area contributed by atoms with Crippen molar-refractivity contribution >= 4 is 0 Å². The molecule has 1 atom stereocenters. The van der Waals surface area contributed by atoms with Crippen LogP contribution in [-0.2, 0) is 9.47 Å². The zero-order valence-corrected chi connectivity index (χ0v) is 12.9. The third-order valence-corrected chi connectivity index (χ3v) is 3.80. The van der Waals surface area contributed by atoms with Crippen LogP contribution in [0.5, 0.6) is 11.5 Å². The molecule has 0 saturated heterocycles. The van der Waals surface area contributed by atoms with E-state index in [1.165, 1.54) is 14.2 Å². The molecule has 2 rings (SSSR count). The second kappa shape index (κ2) is 7.74. The Kier molecular flexibility index (Phi) is 5.97. The number of rotatable bonds is 7. The second-order valence-electron chi connectivity index (χ2n) is 5.36. The number of hydrogen-bond donors (Lipinski definition) is 0. The van der Waals surface area contributed by atoms with Gasteiger partial charge in [-0.25, -0.2) is 8.78 Å². The molecule has 0 aromatic heterocycles. The van der Waals surface area contributed by atoms with E-state index < -0.39 is 11.8 Å². The summed E-state index contributed by atoms with van der Waals surface area (Å²) < 4.78 is 49.0. The van der Waals surface area contributed by atoms with Gasteiger partial charge in [-0.2, -0.15) is 0 Å². The van der Waals surface area contributed by atoms with Gasteiger partial charge in [0.15, 0.2) is 13.6 Å². The van der Waals surface area contributed by atoms with Gasteiger partial charge in [-0.05, 0) is 18.9 Å². The van der Waals surface area contributed by atoms with Gasteiger partial charge in [0, 0.05) is 32.3 Å². The molecular weight excluding hydrogens is 294 g/mol. The van der Waals surface area contributed by atoms with Crippen LogP contribution in [0.2, 0.25) is 0 Å². The third kappa shape index (κ3) is 4.08. The lowest BCUT2D eigenvalue weighted by molar-refractivity contribution is -0.0561. The van der Waals surface area contributed by atoms with Gasteiger partial charge in [0.05, 0.1) is 5.92 Å². The van der Waals surface area contributed by atoms with Crippen LogP contribution in [0.1, 0.15) is 37.2 Å². The first-order valence-corrected chi connectivity index (χ1v) is 7.33. The van der Waals surface area contributed by atoms with E-state index in [0.717, 1.165) is 6.42 Å². The van der Waals surface area contributed by atoms with E-state index in [4.69, 9.17) is 18.9 Å². The van der Waals surface area contributed by atoms with Crippen molar-refractivity contribution in [1.82, 2.24) is 0 Å². The summed E-state index contributed by atoms with van der Waals surface area (Å²) in [4.78, 5) is 0. The SMILES string of the molecule is COCOc1ccc(C2CCCCC2(F)F)c(OCOC)c1. The van der Waals surface area contributed by atoms with Gasteiger partial charge in [0.2, 0.25) is 0 Å². The fraction of sp³-hybridized carbons (Fsp3) is 0.625. The summed E-state index contributed by atoms with van der Waals surface area (Å²) >= 11 is 0. The minimum absolute atomic E-state index is 0.000970. The van der Waals surface area contributed by atoms with Crippen molar-refractivity contribution in [2.75, 3.05) is 27.8 Å². The van der Waals surface area contributed by atoms with Gasteiger partial charge >= 0.3 is 0 Å². The first kappa shape index (κ1) is 17.0. The van der Waals surface area contributed by atoms with Crippen LogP contribution < -0.4 is 9.47 Å². The fourth-order valence-corrected chi connectivity index (χ4v) is 2.74. The highest BCUT2D eigenvalue weighted by Crippen LogP contribution is 2.47. The third-order valence-electron chi connectivity index (χ3n) is 3.80. The highest BCUT2D eigenvalue weighted by molar-refractivity contribution is 5.43. The molecule has 0 spiro atoms. The van der Waals surface area contributed by atoms with E-state index in [1.807, 2.05) is 0 Å². The maximum Gasteiger partial charge on any atom is 0.255 e. The Morgan fingerprint density at radius 1 is 1.09 bits per heavy atom. The molecule has 0 aliphatic heterocycles. The normalized spacial score (nSPS) is 20.6. The molecular formula is C16H22F2O4. The number of ether oxygens (including phenoxy) is 4. The van der Waals surface area contributed by atoms with Gasteiger partial charge in [-0.1, -0.05) is 12.5 Å². The minimum Gasteiger partial charge on any atom is -0.467 e. The summed E-state index contributed by atoms with van der Waals surface area (Å²) in [6, 6.07) is 4.93. The van der Waals surface area contributed by atoms with E-state index in [2.05, 4.69) is 0 Å². The monoisotopic (exact) mass is 316 g/mol. The van der Waals surface area contributed by atoms with Crippen LogP contribution in [0.4, 0.5) is 8.78 Å². The molecule has 1 aromatic rings. The van der Waals surface area contributed by atoms with Crippen LogP contribution in [-0.4, -0.2) is 33.7 Å². The van der Waals surface area contributed by atoms with Crippen molar-refractivity contribution in [2.24, 2.45) is 0 Å². The molecule has 0 bridgehead atoms. The summed E-state index contributed by atoms with van der Waals surface area (Å²) in [7, 11) is 3.00. The Labute approximate surface area is 129 Å². The van der Waals surface area contributed by atoms with Crippen LogP contribution in [0.25, 0.3) is 0 Å². The van der Waals surface area contributed by atoms with Crippen molar-refractivity contribution < 1.29 is 27.7 Å². The average Bonchev–Trinajstić information content (AvgIpc) is 2.51. The molecule has 1 saturated carbocycles. The minimum atomic E-state index is -2.71. The van der Waals surface area contributed by atoms with Crippen molar-refractivity contribution in [1.29, 1.82) is 0 Å². The standard InChI is InChI=1S/C16H22F2O4/c1-19-10-21-12-6-7-13(15(9-12)22-11-20-2)14-5-3-4-8-16(14,17)18/h6-7,9,14H,3-5,8,10-11H2,1-2H3. The molecule has 1 fully saturated rings. The molecule has 1 unspecified atom stereocenters. The number of alkyl halides is 2. The van der Waals surface area contributed by atoms with Crippen molar-refractivity contribution in [2.45, 2.75) is 37.5 Å². The summed E-state index contributed by atoms with van der Waals surface area (Å²) in [6.45, 7) is 0.0850. The number of benzene rings is 1. The summed E-state index contributed by atoms with van der Waals surface area (Å²) in [5, 5.41) is 0. The van der Waals surface area contributed by atoms with Gasteiger partial charge in [-0.3, -0.25) is 0 Å². The van der Waals surface area contributed by atoms with Crippen molar-refractivity contribution in [3.8, 4) is 11.5 Å². The maximum atomic E-state index is 14.2. The lowest BCUT2D eigenvalue weighted by atomic mass is 9.80. The summed E-state index contributed by atoms with van der Waals surface area (Å²) in [5.41, 5.74) is 0.506. The zero-order valence-electron chi connectivity index (χ0n) is 12.9. The lowest BCUT2D eigenvalue weighted by Crippen LogP contribution is -2.30. The molecule has 124 valence electrons. The van der Waals surface area contributed by atoms with E-state index in [-0.39, 0.29) is 20.0 Å². The molecule has 1 aliphatic rings. The van der Waals surface area contributed by atoms with Crippen LogP contribution in [0, 0.1) is 0 Å². The van der Waals surface area contributed by atoms with Gasteiger partial charge < -0.3 is 18.9 Å². The smallest absolute Gasteiger partial charge is 0.255 e. The molecule has 0 heterocycles. The Balaban J connectivity index is 2.27. The first-order valence-electron chi connectivity index (χ1n) is 7.33. The van der Waals surface area contributed by atoms with E-state index in [1.54, 1.807) is 18.2 Å². The number of methoxy groups -OCH3 is 2. The molecule has 0 amide bonds. The van der Waals surface area contributed by atoms with Crippen molar-refractivity contribution in [3.63, 3.8) is 0 Å². The summed E-state index contributed by atoms with van der Waals surface area (Å²) in [6.07, 6.45) is 1.73. The van der Waals surface area contributed by atoms with Crippen LogP contribution in [0.3, 0.4) is 0 Å². The van der Waals surface area contributed by atoms with Gasteiger partial charge in [-0.15, -0.1) is 0 Å². The Hall–Kier alpha value is -1.40. The maximum absolute atomic E-state index is 14.2. The topological polar surface area (TPSA) is 36.9 Å². The number of halogens is 2. The lowest BCUT2D eigenvalue weighted by Gasteiger charge is -2.32. The van der Waals surface area contributed by atoms with Crippen molar-refractivity contribution in [3.05, 3.63) is 23.8 Å². The predicted octanol–water partition coefficient (Wildman–Crippen LogP) is 3.94. The van der Waals surface area contributed by atoms with E-state index in [9.17, 15) is 8.78 Å². The highest BCUT2D eigenvalue weighted by atomic mass is 19.3. The summed E-state index contributed by atoms with van der Waals surface area (Å²) in [5.74, 6) is -2.65. The molecule has 0 radical (unpaired) electrons. The van der Waals surface area contributed by atoms with Crippen LogP contribution >= 0.6 is 0 Å². The Morgan fingerprint density at radius 2 is 1.82 bits per heavy atom. The second-order valence-corrected chi connectivity index (χ2v) is 5.36. The van der Waals surface area contributed by atoms with Gasteiger partial charge in [0.1, 0.15) is 11.5 Å². The molecule has 1 aliphatic carbocycles. The number of hydrogen-bond acceptors (Lipinski definition) is 4. The Morgan fingerprint density at radius 3 is 2.50 bits per heavy atom. The highest BCUT2D eigenvalue weighted by Gasteiger charge is 2.43. The zero-order chi connectivity index (χ0) is 16.0. The van der Waals surface area contributed by atoms with E-state index >= 15 is 0 Å². The molecule has 22 heavy (non-hydrogen) atoms. The Bertz CT molecular complexity index is 479. The quantitative estimate of drug-likeness (QED) is 0.714. The van der Waals surface area contributed by atoms with E-state index in [0.29, 0.717) is 29.9 Å². The molecule has 4 nitrogen and oxygen atoms in total. The fourth-order valence-electron chi connectivity index (χ4n) is 2.74. The largest absolute Gasteiger partial charge is 0.467 e. The van der Waals surface area contributed by atoms with Gasteiger partial charge in [0.25, 0.3) is 5.92 Å². The van der Waals surface area contributed by atoms with Crippen LogP contribution in [0.15, 0.2) is 18.2 Å². The predicted molar refractivity (Wildman–Crippen MR) is 77.6 cm³/mol. The average molecular weight is 316 g/mol. The molecule has 0 N–H and O–H groups in total. The molecule has 1 aromatic carbocycles. The first-order chi connectivity index (χ1) is 10.6.